The van der Waals surface area contributed by atoms with E-state index in [1.165, 1.54) is 0 Å². The molecule has 0 atom stereocenters. The number of nitrogens with zero attached hydrogens (tertiary/aromatic N) is 4. The van der Waals surface area contributed by atoms with Crippen LogP contribution in [0.3, 0.4) is 0 Å². The first-order valence-corrected chi connectivity index (χ1v) is 10.4. The highest BCUT2D eigenvalue weighted by molar-refractivity contribution is 4.71. The van der Waals surface area contributed by atoms with Crippen LogP contribution in [0.25, 0.3) is 0 Å². The van der Waals surface area contributed by atoms with E-state index in [0.29, 0.717) is 6.61 Å². The molecule has 2 aliphatic rings. The van der Waals surface area contributed by atoms with E-state index in [1.54, 1.807) is 0 Å². The molecule has 7 heteroatoms. The maximum atomic E-state index is 8.69. The van der Waals surface area contributed by atoms with Gasteiger partial charge in [0.1, 0.15) is 0 Å². The first-order chi connectivity index (χ1) is 12.7. The standard InChI is InChI=1S/C8H18N2O2.C7H16N2O.2C2H6/c11-7-5-9-1-2-10(4-3-9)6-8-12;1-8-2-4-9(5-3-8)6-7-10;2*1-2/h11-12H,1-8H2;10H,2-7H2,1H3;2*1-2H3. The van der Waals surface area contributed by atoms with Gasteiger partial charge in [0.25, 0.3) is 0 Å². The predicted molar refractivity (Wildman–Crippen MR) is 111 cm³/mol. The van der Waals surface area contributed by atoms with Gasteiger partial charge in [0.2, 0.25) is 0 Å². The lowest BCUT2D eigenvalue weighted by Crippen LogP contribution is -2.47. The number of β-amino-alcohol motifs (C(OH)–C–C–N with tert-alkyl or cyclic N) is 3. The van der Waals surface area contributed by atoms with Crippen molar-refractivity contribution in [3.63, 3.8) is 0 Å². The topological polar surface area (TPSA) is 73.7 Å². The van der Waals surface area contributed by atoms with Crippen molar-refractivity contribution in [2.24, 2.45) is 0 Å². The Morgan fingerprint density at radius 1 is 0.500 bits per heavy atom. The summed E-state index contributed by atoms with van der Waals surface area (Å²) in [6.45, 7) is 19.8. The number of rotatable bonds is 6. The molecule has 0 amide bonds. The molecular formula is C19H46N4O3. The third kappa shape index (κ3) is 14.8. The number of aliphatic hydroxyl groups excluding tert-OH is 3. The summed E-state index contributed by atoms with van der Waals surface area (Å²) in [4.78, 5) is 9.09. The number of hydrogen-bond donors (Lipinski definition) is 3. The highest BCUT2D eigenvalue weighted by atomic mass is 16.3. The molecule has 0 radical (unpaired) electrons. The van der Waals surface area contributed by atoms with Gasteiger partial charge in [-0.2, -0.15) is 0 Å². The van der Waals surface area contributed by atoms with Crippen molar-refractivity contribution in [2.75, 3.05) is 98.9 Å². The van der Waals surface area contributed by atoms with Crippen LogP contribution in [0.15, 0.2) is 0 Å². The minimum absolute atomic E-state index is 0.250. The average molecular weight is 379 g/mol. The molecule has 0 aromatic carbocycles. The molecule has 160 valence electrons. The Bertz CT molecular complexity index is 243. The SMILES string of the molecule is CC.CC.CN1CCN(CCO)CC1.OCCN1CCN(CCO)CC1. The van der Waals surface area contributed by atoms with Gasteiger partial charge in [-0.25, -0.2) is 0 Å². The van der Waals surface area contributed by atoms with Gasteiger partial charge in [0.05, 0.1) is 19.8 Å². The molecule has 2 rings (SSSR count). The van der Waals surface area contributed by atoms with Crippen molar-refractivity contribution >= 4 is 0 Å². The fourth-order valence-corrected chi connectivity index (χ4v) is 2.73. The molecule has 0 aromatic rings. The van der Waals surface area contributed by atoms with Crippen molar-refractivity contribution in [2.45, 2.75) is 27.7 Å². The largest absolute Gasteiger partial charge is 0.395 e. The molecule has 3 N–H and O–H groups in total. The van der Waals surface area contributed by atoms with E-state index in [1.807, 2.05) is 27.7 Å². The predicted octanol–water partition coefficient (Wildman–Crippen LogP) is -0.133. The number of likely N-dealkylation sites (N-methyl/N-ethyl adjacent to an activating group) is 1. The van der Waals surface area contributed by atoms with Crippen molar-refractivity contribution in [1.82, 2.24) is 19.6 Å². The highest BCUT2D eigenvalue weighted by Gasteiger charge is 2.15. The summed E-state index contributed by atoms with van der Waals surface area (Å²) >= 11 is 0. The molecule has 0 aromatic heterocycles. The van der Waals surface area contributed by atoms with Crippen molar-refractivity contribution < 1.29 is 15.3 Å². The summed E-state index contributed by atoms with van der Waals surface area (Å²) in [6.07, 6.45) is 0. The molecule has 0 saturated carbocycles. The fraction of sp³-hybridized carbons (Fsp3) is 1.00. The lowest BCUT2D eigenvalue weighted by molar-refractivity contribution is 0.0984. The van der Waals surface area contributed by atoms with Gasteiger partial charge in [-0.3, -0.25) is 14.7 Å². The van der Waals surface area contributed by atoms with E-state index in [9.17, 15) is 0 Å². The maximum Gasteiger partial charge on any atom is 0.0558 e. The van der Waals surface area contributed by atoms with E-state index in [0.717, 1.165) is 72.0 Å². The second-order valence-electron chi connectivity index (χ2n) is 6.00. The summed E-state index contributed by atoms with van der Waals surface area (Å²) < 4.78 is 0. The van der Waals surface area contributed by atoms with Crippen LogP contribution in [0.2, 0.25) is 0 Å². The van der Waals surface area contributed by atoms with Gasteiger partial charge < -0.3 is 20.2 Å². The molecule has 0 unspecified atom stereocenters. The molecule has 7 nitrogen and oxygen atoms in total. The Balaban J connectivity index is 0. The minimum atomic E-state index is 0.250. The van der Waals surface area contributed by atoms with Gasteiger partial charge in [0.15, 0.2) is 0 Å². The zero-order valence-corrected chi connectivity index (χ0v) is 18.0. The summed E-state index contributed by atoms with van der Waals surface area (Å²) in [5.74, 6) is 0. The number of piperazine rings is 2. The molecule has 0 bridgehead atoms. The van der Waals surface area contributed by atoms with Crippen LogP contribution >= 0.6 is 0 Å². The lowest BCUT2D eigenvalue weighted by atomic mass is 10.3. The molecule has 2 aliphatic heterocycles. The van der Waals surface area contributed by atoms with Gasteiger partial charge in [-0.1, -0.05) is 27.7 Å². The summed E-state index contributed by atoms with van der Waals surface area (Å²) in [5, 5.41) is 26.0. The monoisotopic (exact) mass is 378 g/mol. The van der Waals surface area contributed by atoms with Crippen LogP contribution in [0.1, 0.15) is 27.7 Å². The van der Waals surface area contributed by atoms with E-state index < -0.39 is 0 Å². The zero-order chi connectivity index (χ0) is 20.2. The molecule has 0 aliphatic carbocycles. The quantitative estimate of drug-likeness (QED) is 0.594. The third-order valence-corrected chi connectivity index (χ3v) is 4.31. The minimum Gasteiger partial charge on any atom is -0.395 e. The summed E-state index contributed by atoms with van der Waals surface area (Å²) in [5.41, 5.74) is 0. The zero-order valence-electron chi connectivity index (χ0n) is 18.0. The summed E-state index contributed by atoms with van der Waals surface area (Å²) in [6, 6.07) is 0. The van der Waals surface area contributed by atoms with E-state index >= 15 is 0 Å². The van der Waals surface area contributed by atoms with Crippen LogP contribution < -0.4 is 0 Å². The molecular weight excluding hydrogens is 332 g/mol. The van der Waals surface area contributed by atoms with E-state index in [-0.39, 0.29) is 13.2 Å². The normalized spacial score (nSPS) is 19.4. The lowest BCUT2D eigenvalue weighted by Gasteiger charge is -2.33. The maximum absolute atomic E-state index is 8.69. The fourth-order valence-electron chi connectivity index (χ4n) is 2.73. The van der Waals surface area contributed by atoms with Crippen LogP contribution in [0.5, 0.6) is 0 Å². The summed E-state index contributed by atoms with van der Waals surface area (Å²) in [7, 11) is 2.14. The van der Waals surface area contributed by atoms with Crippen LogP contribution in [-0.2, 0) is 0 Å². The van der Waals surface area contributed by atoms with E-state index in [4.69, 9.17) is 15.3 Å². The third-order valence-electron chi connectivity index (χ3n) is 4.31. The van der Waals surface area contributed by atoms with Crippen molar-refractivity contribution in [3.8, 4) is 0 Å². The molecule has 0 spiro atoms. The van der Waals surface area contributed by atoms with Gasteiger partial charge in [-0.05, 0) is 7.05 Å². The first-order valence-electron chi connectivity index (χ1n) is 10.4. The van der Waals surface area contributed by atoms with E-state index in [2.05, 4.69) is 26.6 Å². The van der Waals surface area contributed by atoms with Crippen LogP contribution in [0.4, 0.5) is 0 Å². The Kier molecular flexibility index (Phi) is 22.6. The molecule has 26 heavy (non-hydrogen) atoms. The van der Waals surface area contributed by atoms with Gasteiger partial charge in [0, 0.05) is 72.0 Å². The number of hydrogen-bond acceptors (Lipinski definition) is 7. The van der Waals surface area contributed by atoms with Crippen molar-refractivity contribution in [3.05, 3.63) is 0 Å². The highest BCUT2D eigenvalue weighted by Crippen LogP contribution is 1.99. The van der Waals surface area contributed by atoms with Crippen LogP contribution in [0, 0.1) is 0 Å². The first kappa shape index (κ1) is 27.9. The van der Waals surface area contributed by atoms with Crippen LogP contribution in [-0.4, -0.2) is 134 Å². The molecule has 2 heterocycles. The Morgan fingerprint density at radius 2 is 0.731 bits per heavy atom. The second kappa shape index (κ2) is 21.0. The Labute approximate surface area is 162 Å². The Morgan fingerprint density at radius 3 is 0.962 bits per heavy atom. The smallest absolute Gasteiger partial charge is 0.0558 e. The number of aliphatic hydroxyl groups is 3. The Hall–Kier alpha value is -0.280. The molecule has 2 saturated heterocycles. The van der Waals surface area contributed by atoms with Crippen molar-refractivity contribution in [1.29, 1.82) is 0 Å². The molecule has 2 fully saturated rings. The van der Waals surface area contributed by atoms with Gasteiger partial charge >= 0.3 is 0 Å². The van der Waals surface area contributed by atoms with Gasteiger partial charge in [-0.15, -0.1) is 0 Å². The second-order valence-corrected chi connectivity index (χ2v) is 6.00. The average Bonchev–Trinajstić information content (AvgIpc) is 2.70.